The minimum absolute atomic E-state index is 0.126. The Kier molecular flexibility index (Phi) is 6.67. The van der Waals surface area contributed by atoms with E-state index in [4.69, 9.17) is 14.6 Å². The standard InChI is InChI=1S/C15H25NO3/c1-11(2)19-15-9-14(18-4)6-5-13(15)10-16-12(3)7-8-17/h5-6,9,11-12,16-17H,7-8,10H2,1-4H3. The average molecular weight is 267 g/mol. The van der Waals surface area contributed by atoms with Crippen LogP contribution in [0.2, 0.25) is 0 Å². The number of methoxy groups -OCH3 is 1. The van der Waals surface area contributed by atoms with Crippen molar-refractivity contribution < 1.29 is 14.6 Å². The molecule has 0 saturated heterocycles. The van der Waals surface area contributed by atoms with Gasteiger partial charge in [-0.1, -0.05) is 6.07 Å². The number of ether oxygens (including phenoxy) is 2. The molecule has 0 aromatic heterocycles. The molecule has 19 heavy (non-hydrogen) atoms. The largest absolute Gasteiger partial charge is 0.497 e. The van der Waals surface area contributed by atoms with Gasteiger partial charge in [0.1, 0.15) is 11.5 Å². The number of aliphatic hydroxyl groups excluding tert-OH is 1. The number of hydrogen-bond acceptors (Lipinski definition) is 4. The first-order valence-electron chi connectivity index (χ1n) is 6.74. The lowest BCUT2D eigenvalue weighted by atomic mass is 10.1. The zero-order chi connectivity index (χ0) is 14.3. The molecule has 1 aromatic carbocycles. The summed E-state index contributed by atoms with van der Waals surface area (Å²) >= 11 is 0. The topological polar surface area (TPSA) is 50.7 Å². The van der Waals surface area contributed by atoms with Crippen LogP contribution >= 0.6 is 0 Å². The molecular weight excluding hydrogens is 242 g/mol. The molecule has 1 rings (SSSR count). The Morgan fingerprint density at radius 1 is 1.26 bits per heavy atom. The quantitative estimate of drug-likeness (QED) is 0.759. The number of benzene rings is 1. The van der Waals surface area contributed by atoms with E-state index in [0.717, 1.165) is 23.5 Å². The van der Waals surface area contributed by atoms with Crippen LogP contribution in [0.3, 0.4) is 0 Å². The van der Waals surface area contributed by atoms with Crippen molar-refractivity contribution in [3.05, 3.63) is 23.8 Å². The van der Waals surface area contributed by atoms with Crippen molar-refractivity contribution in [2.24, 2.45) is 0 Å². The Morgan fingerprint density at radius 2 is 2.00 bits per heavy atom. The highest BCUT2D eigenvalue weighted by Crippen LogP contribution is 2.25. The zero-order valence-corrected chi connectivity index (χ0v) is 12.3. The van der Waals surface area contributed by atoms with Crippen molar-refractivity contribution >= 4 is 0 Å². The zero-order valence-electron chi connectivity index (χ0n) is 12.3. The lowest BCUT2D eigenvalue weighted by Gasteiger charge is -2.18. The van der Waals surface area contributed by atoms with E-state index in [1.807, 2.05) is 32.0 Å². The van der Waals surface area contributed by atoms with Gasteiger partial charge in [-0.15, -0.1) is 0 Å². The molecule has 4 nitrogen and oxygen atoms in total. The number of nitrogens with one attached hydrogen (secondary N) is 1. The molecule has 0 radical (unpaired) electrons. The summed E-state index contributed by atoms with van der Waals surface area (Å²) in [6, 6.07) is 6.13. The highest BCUT2D eigenvalue weighted by molar-refractivity contribution is 5.40. The molecule has 0 amide bonds. The second-order valence-corrected chi connectivity index (χ2v) is 4.93. The predicted molar refractivity (Wildman–Crippen MR) is 76.8 cm³/mol. The number of rotatable bonds is 8. The molecule has 2 N–H and O–H groups in total. The van der Waals surface area contributed by atoms with Crippen LogP contribution in [0.25, 0.3) is 0 Å². The van der Waals surface area contributed by atoms with Crippen LogP contribution in [0.15, 0.2) is 18.2 Å². The Balaban J connectivity index is 2.74. The monoisotopic (exact) mass is 267 g/mol. The number of aliphatic hydroxyl groups is 1. The lowest BCUT2D eigenvalue weighted by Crippen LogP contribution is -2.26. The fraction of sp³-hybridized carbons (Fsp3) is 0.600. The van der Waals surface area contributed by atoms with Gasteiger partial charge in [0, 0.05) is 30.8 Å². The molecule has 1 atom stereocenters. The van der Waals surface area contributed by atoms with E-state index in [1.165, 1.54) is 0 Å². The van der Waals surface area contributed by atoms with Crippen LogP contribution in [-0.2, 0) is 6.54 Å². The van der Waals surface area contributed by atoms with E-state index in [1.54, 1.807) is 7.11 Å². The molecule has 0 saturated carbocycles. The van der Waals surface area contributed by atoms with Gasteiger partial charge in [-0.3, -0.25) is 0 Å². The van der Waals surface area contributed by atoms with Crippen LogP contribution in [0.4, 0.5) is 0 Å². The molecule has 1 unspecified atom stereocenters. The van der Waals surface area contributed by atoms with E-state index >= 15 is 0 Å². The van der Waals surface area contributed by atoms with Crippen LogP contribution in [0, 0.1) is 0 Å². The Morgan fingerprint density at radius 3 is 2.58 bits per heavy atom. The van der Waals surface area contributed by atoms with Crippen molar-refractivity contribution in [2.45, 2.75) is 45.9 Å². The molecule has 0 aliphatic carbocycles. The molecular formula is C15H25NO3. The van der Waals surface area contributed by atoms with Gasteiger partial charge in [0.05, 0.1) is 13.2 Å². The Bertz CT molecular complexity index is 380. The molecule has 1 aromatic rings. The molecule has 0 fully saturated rings. The van der Waals surface area contributed by atoms with E-state index in [2.05, 4.69) is 12.2 Å². The lowest BCUT2D eigenvalue weighted by molar-refractivity contribution is 0.237. The smallest absolute Gasteiger partial charge is 0.127 e. The average Bonchev–Trinajstić information content (AvgIpc) is 2.36. The van der Waals surface area contributed by atoms with E-state index in [9.17, 15) is 0 Å². The van der Waals surface area contributed by atoms with Gasteiger partial charge in [0.25, 0.3) is 0 Å². The van der Waals surface area contributed by atoms with Crippen LogP contribution < -0.4 is 14.8 Å². The van der Waals surface area contributed by atoms with Gasteiger partial charge in [-0.25, -0.2) is 0 Å². The molecule has 108 valence electrons. The SMILES string of the molecule is COc1ccc(CNC(C)CCO)c(OC(C)C)c1. The predicted octanol–water partition coefficient (Wildman–Crippen LogP) is 2.34. The minimum atomic E-state index is 0.126. The molecule has 4 heteroatoms. The van der Waals surface area contributed by atoms with Crippen LogP contribution in [0.1, 0.15) is 32.8 Å². The summed E-state index contributed by atoms with van der Waals surface area (Å²) in [6.07, 6.45) is 0.872. The normalized spacial score (nSPS) is 12.5. The second kappa shape index (κ2) is 8.02. The summed E-state index contributed by atoms with van der Waals surface area (Å²) in [6.45, 7) is 6.98. The van der Waals surface area contributed by atoms with Crippen molar-refractivity contribution in [1.82, 2.24) is 5.32 Å². The third kappa shape index (κ3) is 5.49. The summed E-state index contributed by atoms with van der Waals surface area (Å²) in [5.41, 5.74) is 1.10. The summed E-state index contributed by atoms with van der Waals surface area (Å²) in [4.78, 5) is 0. The highest BCUT2D eigenvalue weighted by atomic mass is 16.5. The first kappa shape index (κ1) is 15.8. The van der Waals surface area contributed by atoms with E-state index in [0.29, 0.717) is 6.54 Å². The molecule has 0 spiro atoms. The van der Waals surface area contributed by atoms with Crippen LogP contribution in [0.5, 0.6) is 11.5 Å². The maximum atomic E-state index is 8.89. The first-order valence-corrected chi connectivity index (χ1v) is 6.74. The summed E-state index contributed by atoms with van der Waals surface area (Å²) in [5, 5.41) is 12.3. The Labute approximate surface area is 115 Å². The fourth-order valence-electron chi connectivity index (χ4n) is 1.75. The minimum Gasteiger partial charge on any atom is -0.497 e. The number of hydrogen-bond donors (Lipinski definition) is 2. The van der Waals surface area contributed by atoms with Gasteiger partial charge < -0.3 is 19.9 Å². The van der Waals surface area contributed by atoms with E-state index in [-0.39, 0.29) is 18.8 Å². The third-order valence-corrected chi connectivity index (χ3v) is 2.84. The maximum absolute atomic E-state index is 8.89. The third-order valence-electron chi connectivity index (χ3n) is 2.84. The van der Waals surface area contributed by atoms with Gasteiger partial charge >= 0.3 is 0 Å². The van der Waals surface area contributed by atoms with Gasteiger partial charge in [-0.2, -0.15) is 0 Å². The van der Waals surface area contributed by atoms with Crippen molar-refractivity contribution in [3.8, 4) is 11.5 Å². The molecule has 0 heterocycles. The second-order valence-electron chi connectivity index (χ2n) is 4.93. The maximum Gasteiger partial charge on any atom is 0.127 e. The highest BCUT2D eigenvalue weighted by Gasteiger charge is 2.09. The van der Waals surface area contributed by atoms with Gasteiger partial charge in [0.15, 0.2) is 0 Å². The van der Waals surface area contributed by atoms with Gasteiger partial charge in [0.2, 0.25) is 0 Å². The van der Waals surface area contributed by atoms with E-state index < -0.39 is 0 Å². The Hall–Kier alpha value is -1.26. The first-order chi connectivity index (χ1) is 9.06. The van der Waals surface area contributed by atoms with Crippen LogP contribution in [-0.4, -0.2) is 31.0 Å². The summed E-state index contributed by atoms with van der Waals surface area (Å²) in [5.74, 6) is 1.64. The summed E-state index contributed by atoms with van der Waals surface area (Å²) < 4.78 is 11.0. The molecule has 0 bridgehead atoms. The van der Waals surface area contributed by atoms with Crippen molar-refractivity contribution in [2.75, 3.05) is 13.7 Å². The van der Waals surface area contributed by atoms with Crippen molar-refractivity contribution in [1.29, 1.82) is 0 Å². The van der Waals surface area contributed by atoms with Crippen molar-refractivity contribution in [3.63, 3.8) is 0 Å². The van der Waals surface area contributed by atoms with Gasteiger partial charge in [-0.05, 0) is 33.3 Å². The molecule has 0 aliphatic heterocycles. The summed E-state index contributed by atoms with van der Waals surface area (Å²) in [7, 11) is 1.65. The fourth-order valence-corrected chi connectivity index (χ4v) is 1.75. The molecule has 0 aliphatic rings.